The third-order valence-electron chi connectivity index (χ3n) is 8.61. The van der Waals surface area contributed by atoms with Gasteiger partial charge in [-0.05, 0) is 52.0 Å². The van der Waals surface area contributed by atoms with Crippen LogP contribution in [0.4, 0.5) is 0 Å². The van der Waals surface area contributed by atoms with Crippen molar-refractivity contribution >= 4 is 58.1 Å². The molecule has 252 valence electrons. The molecule has 2 aromatic carbocycles. The van der Waals surface area contributed by atoms with Gasteiger partial charge in [-0.25, -0.2) is 0 Å². The maximum Gasteiger partial charge on any atom is 0.188 e. The van der Waals surface area contributed by atoms with Gasteiger partial charge in [0, 0.05) is 50.7 Å². The van der Waals surface area contributed by atoms with Crippen LogP contribution in [-0.4, -0.2) is 42.0 Å². The summed E-state index contributed by atoms with van der Waals surface area (Å²) in [7, 11) is 0. The number of thioether (sulfide) groups is 1. The number of aromatic amines is 1. The number of H-pyrrole nitrogens is 1. The number of nitrogens with zero attached hydrogens (tertiary/aromatic N) is 1. The van der Waals surface area contributed by atoms with E-state index >= 15 is 9.59 Å². The van der Waals surface area contributed by atoms with Crippen LogP contribution in [0, 0.1) is 5.41 Å². The Hall–Kier alpha value is -2.88. The highest BCUT2D eigenvalue weighted by molar-refractivity contribution is 8.14. The number of carbonyl (C=O) groups excluding carboxylic acids is 2. The van der Waals surface area contributed by atoms with Crippen molar-refractivity contribution in [3.63, 3.8) is 0 Å². The number of carbonyl (C=O) groups is 2. The van der Waals surface area contributed by atoms with Gasteiger partial charge in [0.05, 0.1) is 4.86 Å². The number of aliphatic imine (C=N–C) groups is 1. The van der Waals surface area contributed by atoms with Crippen LogP contribution in [0.25, 0.3) is 0 Å². The van der Waals surface area contributed by atoms with E-state index < -0.39 is 44.0 Å². The van der Waals surface area contributed by atoms with Gasteiger partial charge in [0.25, 0.3) is 0 Å². The van der Waals surface area contributed by atoms with Gasteiger partial charge in [-0.2, -0.15) is 0 Å². The first-order valence-electron chi connectivity index (χ1n) is 15.8. The molecule has 0 amide bonds. The number of thiol groups is 1. The van der Waals surface area contributed by atoms with Crippen LogP contribution in [0.3, 0.4) is 0 Å². The Morgan fingerprint density at radius 3 is 1.43 bits per heavy atom. The lowest BCUT2D eigenvalue weighted by Gasteiger charge is -2.33. The highest BCUT2D eigenvalue weighted by atomic mass is 32.2. The Bertz CT molecular complexity index is 1610. The summed E-state index contributed by atoms with van der Waals surface area (Å²) < 4.78 is 0. The summed E-state index contributed by atoms with van der Waals surface area (Å²) in [4.78, 5) is 39.5. The Labute approximate surface area is 294 Å². The van der Waals surface area contributed by atoms with E-state index in [2.05, 4.69) is 17.6 Å². The number of nitrogens with one attached hydrogen (secondary N) is 1. The van der Waals surface area contributed by atoms with Crippen LogP contribution in [0.1, 0.15) is 126 Å². The first-order chi connectivity index (χ1) is 21.3. The second-order valence-electron chi connectivity index (χ2n) is 16.6. The van der Waals surface area contributed by atoms with Crippen molar-refractivity contribution in [1.29, 1.82) is 0 Å². The number of Topliss-reactive ketones (excluding diaryl/α,β-unsaturated/α-hetero) is 2. The highest BCUT2D eigenvalue weighted by Crippen LogP contribution is 2.49. The normalized spacial score (nSPS) is 17.2. The molecule has 4 rings (SSSR count). The van der Waals surface area contributed by atoms with Crippen molar-refractivity contribution in [3.8, 4) is 11.5 Å². The highest BCUT2D eigenvalue weighted by Gasteiger charge is 2.59. The van der Waals surface area contributed by atoms with Gasteiger partial charge in [0.1, 0.15) is 21.9 Å². The molecule has 3 aromatic rings. The van der Waals surface area contributed by atoms with Crippen molar-refractivity contribution in [3.05, 3.63) is 76.1 Å². The molecule has 6 nitrogen and oxygen atoms in total. The predicted octanol–water partition coefficient (Wildman–Crippen LogP) is 9.50. The van der Waals surface area contributed by atoms with Gasteiger partial charge in [-0.15, -0.1) is 12.6 Å². The van der Waals surface area contributed by atoms with Gasteiger partial charge in [-0.1, -0.05) is 107 Å². The zero-order valence-corrected chi connectivity index (χ0v) is 32.1. The molecule has 0 fully saturated rings. The summed E-state index contributed by atoms with van der Waals surface area (Å²) in [6.07, 6.45) is 3.53. The van der Waals surface area contributed by atoms with E-state index in [1.54, 1.807) is 36.7 Å². The van der Waals surface area contributed by atoms with Crippen LogP contribution in [0.2, 0.25) is 0 Å². The molecule has 2 heterocycles. The van der Waals surface area contributed by atoms with Crippen molar-refractivity contribution < 1.29 is 19.8 Å². The lowest BCUT2D eigenvalue weighted by molar-refractivity contribution is 0.0816. The topological polar surface area (TPSA) is 103 Å². The van der Waals surface area contributed by atoms with Crippen LogP contribution < -0.4 is 0 Å². The summed E-state index contributed by atoms with van der Waals surface area (Å²) >= 11 is 11.9. The van der Waals surface area contributed by atoms with E-state index in [1.807, 2.05) is 89.2 Å². The molecule has 0 radical (unpaired) electrons. The van der Waals surface area contributed by atoms with E-state index in [0.29, 0.717) is 22.3 Å². The molecular weight excluding hydrogens is 645 g/mol. The molecule has 1 atom stereocenters. The summed E-state index contributed by atoms with van der Waals surface area (Å²) in [6, 6.07) is 8.59. The quantitative estimate of drug-likeness (QED) is 0.0920. The second-order valence-corrected chi connectivity index (χ2v) is 18.6. The fourth-order valence-corrected chi connectivity index (χ4v) is 7.80. The van der Waals surface area contributed by atoms with Gasteiger partial charge >= 0.3 is 0 Å². The molecule has 1 aliphatic heterocycles. The molecule has 0 saturated heterocycles. The third-order valence-corrected chi connectivity index (χ3v) is 10.8. The van der Waals surface area contributed by atoms with Crippen molar-refractivity contribution in [2.24, 2.45) is 10.4 Å². The maximum absolute atomic E-state index is 15.4. The van der Waals surface area contributed by atoms with Gasteiger partial charge < -0.3 is 15.2 Å². The average molecular weight is 693 g/mol. The molecule has 1 aliphatic rings. The third kappa shape index (κ3) is 6.73. The van der Waals surface area contributed by atoms with E-state index in [1.165, 1.54) is 11.8 Å². The number of hydrogen-bond acceptors (Lipinski definition) is 8. The molecule has 0 aliphatic carbocycles. The SMILES string of the molecule is CC(C)(C)c1cc(C(=O)C2(C(=O)c3cc(C(C)(C)C)c(O)c(C(C)(C)C)c3)C(=S)C(S)N=C2Sc2cc[nH]c2)cc(C(C)(C)C)c1O. The first-order valence-corrected chi connectivity index (χ1v) is 17.5. The van der Waals surface area contributed by atoms with E-state index in [-0.39, 0.29) is 32.5 Å². The minimum absolute atomic E-state index is 0.0965. The fraction of sp³-hybridized carbons (Fsp3) is 0.474. The smallest absolute Gasteiger partial charge is 0.188 e. The zero-order chi connectivity index (χ0) is 35.7. The largest absolute Gasteiger partial charge is 0.507 e. The summed E-state index contributed by atoms with van der Waals surface area (Å²) in [6.45, 7) is 23.7. The lowest BCUT2D eigenvalue weighted by Crippen LogP contribution is -2.49. The summed E-state index contributed by atoms with van der Waals surface area (Å²) in [5.41, 5.74) is -1.19. The number of ketones is 2. The van der Waals surface area contributed by atoms with E-state index in [0.717, 1.165) is 4.90 Å². The lowest BCUT2D eigenvalue weighted by atomic mass is 9.70. The van der Waals surface area contributed by atoms with Crippen molar-refractivity contribution in [2.75, 3.05) is 0 Å². The van der Waals surface area contributed by atoms with E-state index in [9.17, 15) is 10.2 Å². The molecule has 3 N–H and O–H groups in total. The number of thiocarbonyl (C=S) groups is 1. The standard InChI is InChI=1S/C38H48N2O4S3/c1-34(2,3)23-15-20(16-24(27(23)41)35(4,5)6)29(43)38(31(45)32(46)40-33(38)47-22-13-14-39-19-22)30(44)21-17-25(36(7,8)9)28(42)26(18-21)37(10,11)12/h13-19,32,39,41-42,46H,1-12H3. The molecule has 1 unspecified atom stereocenters. The summed E-state index contributed by atoms with van der Waals surface area (Å²) in [5, 5.41) is 22.3. The van der Waals surface area contributed by atoms with Crippen molar-refractivity contribution in [2.45, 2.75) is 115 Å². The predicted molar refractivity (Wildman–Crippen MR) is 202 cm³/mol. The Balaban J connectivity index is 2.12. The minimum atomic E-state index is -1.99. The number of phenolic OH excluding ortho intramolecular Hbond substituents is 2. The Morgan fingerprint density at radius 2 is 1.13 bits per heavy atom. The molecule has 0 spiro atoms. The fourth-order valence-electron chi connectivity index (χ4n) is 5.92. The van der Waals surface area contributed by atoms with Crippen LogP contribution in [0.15, 0.2) is 52.6 Å². The van der Waals surface area contributed by atoms with Crippen LogP contribution in [-0.2, 0) is 21.7 Å². The Kier molecular flexibility index (Phi) is 9.61. The van der Waals surface area contributed by atoms with Crippen molar-refractivity contribution in [1.82, 2.24) is 4.98 Å². The monoisotopic (exact) mass is 692 g/mol. The first kappa shape index (κ1) is 36.9. The molecule has 47 heavy (non-hydrogen) atoms. The number of benzene rings is 2. The van der Waals surface area contributed by atoms with Gasteiger partial charge in [0.2, 0.25) is 0 Å². The van der Waals surface area contributed by atoms with Gasteiger partial charge in [-0.3, -0.25) is 14.6 Å². The zero-order valence-electron chi connectivity index (χ0n) is 29.5. The molecular formula is C38H48N2O4S3. The number of hydrogen-bond donors (Lipinski definition) is 4. The van der Waals surface area contributed by atoms with Crippen LogP contribution >= 0.6 is 36.6 Å². The average Bonchev–Trinajstić information content (AvgIpc) is 3.52. The second kappa shape index (κ2) is 12.2. The molecule has 0 bridgehead atoms. The Morgan fingerprint density at radius 1 is 0.766 bits per heavy atom. The number of aromatic nitrogens is 1. The molecule has 1 aromatic heterocycles. The molecule has 0 saturated carbocycles. The maximum atomic E-state index is 15.4. The molecule has 9 heteroatoms. The van der Waals surface area contributed by atoms with Gasteiger partial charge in [0.15, 0.2) is 17.0 Å². The number of rotatable bonds is 5. The van der Waals surface area contributed by atoms with Crippen LogP contribution in [0.5, 0.6) is 11.5 Å². The summed E-state index contributed by atoms with van der Waals surface area (Å²) in [5.74, 6) is -0.794. The number of aromatic hydroxyl groups is 2. The van der Waals surface area contributed by atoms with E-state index in [4.69, 9.17) is 17.2 Å². The minimum Gasteiger partial charge on any atom is -0.507 e. The number of phenols is 2.